The van der Waals surface area contributed by atoms with Crippen molar-refractivity contribution >= 4 is 12.0 Å². The molecule has 0 bridgehead atoms. The molecule has 102 valence electrons. The molecular weight excluding hydrogens is 250 g/mol. The van der Waals surface area contributed by atoms with Crippen LogP contribution in [0.2, 0.25) is 0 Å². The topological polar surface area (TPSA) is 77.0 Å². The summed E-state index contributed by atoms with van der Waals surface area (Å²) in [5.41, 5.74) is 0.764. The Balaban J connectivity index is 2.13. The molecule has 0 atom stereocenters. The zero-order valence-corrected chi connectivity index (χ0v) is 10.5. The Labute approximate surface area is 110 Å². The van der Waals surface area contributed by atoms with Crippen LogP contribution in [0.3, 0.4) is 0 Å². The van der Waals surface area contributed by atoms with Crippen molar-refractivity contribution in [2.24, 2.45) is 0 Å². The van der Waals surface area contributed by atoms with E-state index in [0.717, 1.165) is 5.56 Å². The van der Waals surface area contributed by atoms with Crippen molar-refractivity contribution in [2.75, 3.05) is 27.1 Å². The third kappa shape index (κ3) is 3.17. The van der Waals surface area contributed by atoms with Gasteiger partial charge in [0, 0.05) is 12.6 Å². The second-order valence-electron chi connectivity index (χ2n) is 3.80. The number of rotatable bonds is 5. The largest absolute Gasteiger partial charge is 0.493 e. The van der Waals surface area contributed by atoms with Gasteiger partial charge < -0.3 is 24.6 Å². The first-order valence-electron chi connectivity index (χ1n) is 5.79. The molecule has 0 saturated carbocycles. The van der Waals surface area contributed by atoms with E-state index in [9.17, 15) is 4.79 Å². The van der Waals surface area contributed by atoms with E-state index in [1.807, 2.05) is 0 Å². The van der Waals surface area contributed by atoms with Crippen molar-refractivity contribution in [3.8, 4) is 17.2 Å². The zero-order valence-electron chi connectivity index (χ0n) is 10.5. The molecule has 0 aromatic heterocycles. The highest BCUT2D eigenvalue weighted by Gasteiger charge is 2.19. The van der Waals surface area contributed by atoms with Crippen LogP contribution in [-0.4, -0.2) is 38.1 Å². The van der Waals surface area contributed by atoms with Gasteiger partial charge in [-0.1, -0.05) is 0 Å². The lowest BCUT2D eigenvalue weighted by atomic mass is 10.1. The van der Waals surface area contributed by atoms with Crippen LogP contribution < -0.4 is 19.5 Å². The molecule has 0 aliphatic carbocycles. The Bertz CT molecular complexity index is 498. The minimum Gasteiger partial charge on any atom is -0.493 e. The summed E-state index contributed by atoms with van der Waals surface area (Å²) in [5.74, 6) is 1.45. The molecule has 1 amide bonds. The van der Waals surface area contributed by atoms with E-state index in [1.165, 1.54) is 6.08 Å². The predicted octanol–water partition coefficient (Wildman–Crippen LogP) is 0.546. The van der Waals surface area contributed by atoms with Gasteiger partial charge in [-0.05, 0) is 23.8 Å². The third-order valence-corrected chi connectivity index (χ3v) is 2.52. The fourth-order valence-electron chi connectivity index (χ4n) is 1.66. The van der Waals surface area contributed by atoms with Gasteiger partial charge in [0.2, 0.25) is 18.4 Å². The standard InChI is InChI=1S/C13H15NO5/c1-17-10-6-9(2-3-12(16)14-4-5-15)7-11-13(10)19-8-18-11/h2-3,6-7,15H,4-5,8H2,1H3,(H,14,16)/b3-2+. The average Bonchev–Trinajstić information content (AvgIpc) is 2.90. The summed E-state index contributed by atoms with van der Waals surface area (Å²) in [6, 6.07) is 3.52. The second kappa shape index (κ2) is 6.10. The monoisotopic (exact) mass is 265 g/mol. The van der Waals surface area contributed by atoms with Gasteiger partial charge in [-0.3, -0.25) is 4.79 Å². The van der Waals surface area contributed by atoms with E-state index >= 15 is 0 Å². The summed E-state index contributed by atoms with van der Waals surface area (Å²) in [7, 11) is 1.54. The maximum Gasteiger partial charge on any atom is 0.244 e. The van der Waals surface area contributed by atoms with Crippen molar-refractivity contribution in [1.29, 1.82) is 0 Å². The fraction of sp³-hybridized carbons (Fsp3) is 0.308. The molecule has 6 heteroatoms. The number of aliphatic hydroxyl groups excluding tert-OH is 1. The van der Waals surface area contributed by atoms with Crippen LogP contribution in [0.4, 0.5) is 0 Å². The van der Waals surface area contributed by atoms with Crippen molar-refractivity contribution < 1.29 is 24.1 Å². The van der Waals surface area contributed by atoms with Crippen LogP contribution in [0.5, 0.6) is 17.2 Å². The first-order chi connectivity index (χ1) is 9.24. The number of nitrogens with one attached hydrogen (secondary N) is 1. The number of carbonyl (C=O) groups excluding carboxylic acids is 1. The Morgan fingerprint density at radius 2 is 2.37 bits per heavy atom. The number of amides is 1. The summed E-state index contributed by atoms with van der Waals surface area (Å²) in [5, 5.41) is 11.1. The summed E-state index contributed by atoms with van der Waals surface area (Å²) in [4.78, 5) is 11.4. The van der Waals surface area contributed by atoms with E-state index in [0.29, 0.717) is 17.2 Å². The van der Waals surface area contributed by atoms with Gasteiger partial charge in [0.05, 0.1) is 13.7 Å². The molecule has 0 unspecified atom stereocenters. The molecule has 2 N–H and O–H groups in total. The number of carbonyl (C=O) groups is 1. The van der Waals surface area contributed by atoms with E-state index in [1.54, 1.807) is 25.3 Å². The van der Waals surface area contributed by atoms with E-state index in [2.05, 4.69) is 5.32 Å². The zero-order chi connectivity index (χ0) is 13.7. The molecule has 0 radical (unpaired) electrons. The van der Waals surface area contributed by atoms with Crippen molar-refractivity contribution in [2.45, 2.75) is 0 Å². The normalized spacial score (nSPS) is 12.7. The number of hydrogen-bond acceptors (Lipinski definition) is 5. The lowest BCUT2D eigenvalue weighted by molar-refractivity contribution is -0.116. The van der Waals surface area contributed by atoms with Crippen LogP contribution in [-0.2, 0) is 4.79 Å². The van der Waals surface area contributed by atoms with E-state index < -0.39 is 0 Å². The molecule has 1 aliphatic heterocycles. The van der Waals surface area contributed by atoms with Gasteiger partial charge in [-0.25, -0.2) is 0 Å². The highest BCUT2D eigenvalue weighted by Crippen LogP contribution is 2.41. The quantitative estimate of drug-likeness (QED) is 0.760. The highest BCUT2D eigenvalue weighted by atomic mass is 16.7. The summed E-state index contributed by atoms with van der Waals surface area (Å²) in [6.45, 7) is 0.306. The van der Waals surface area contributed by atoms with Gasteiger partial charge in [0.1, 0.15) is 0 Å². The number of fused-ring (bicyclic) bond motifs is 1. The molecule has 1 aromatic rings. The van der Waals surface area contributed by atoms with Gasteiger partial charge in [0.15, 0.2) is 11.5 Å². The average molecular weight is 265 g/mol. The number of methoxy groups -OCH3 is 1. The molecule has 19 heavy (non-hydrogen) atoms. The molecule has 2 rings (SSSR count). The van der Waals surface area contributed by atoms with Crippen LogP contribution in [0, 0.1) is 0 Å². The molecule has 0 fully saturated rings. The smallest absolute Gasteiger partial charge is 0.244 e. The van der Waals surface area contributed by atoms with E-state index in [4.69, 9.17) is 19.3 Å². The number of hydrogen-bond donors (Lipinski definition) is 2. The van der Waals surface area contributed by atoms with Crippen LogP contribution in [0.15, 0.2) is 18.2 Å². The van der Waals surface area contributed by atoms with Gasteiger partial charge in [0.25, 0.3) is 0 Å². The van der Waals surface area contributed by atoms with Crippen molar-refractivity contribution in [3.05, 3.63) is 23.8 Å². The maximum absolute atomic E-state index is 11.4. The molecule has 6 nitrogen and oxygen atoms in total. The Morgan fingerprint density at radius 1 is 1.53 bits per heavy atom. The molecule has 0 saturated heterocycles. The van der Waals surface area contributed by atoms with Gasteiger partial charge >= 0.3 is 0 Å². The first kappa shape index (κ1) is 13.2. The Morgan fingerprint density at radius 3 is 3.11 bits per heavy atom. The highest BCUT2D eigenvalue weighted by molar-refractivity contribution is 5.91. The van der Waals surface area contributed by atoms with E-state index in [-0.39, 0.29) is 25.9 Å². The molecular formula is C13H15NO5. The maximum atomic E-state index is 11.4. The number of benzene rings is 1. The fourth-order valence-corrected chi connectivity index (χ4v) is 1.66. The van der Waals surface area contributed by atoms with Gasteiger partial charge in [-0.2, -0.15) is 0 Å². The first-order valence-corrected chi connectivity index (χ1v) is 5.79. The summed E-state index contributed by atoms with van der Waals surface area (Å²) < 4.78 is 15.8. The second-order valence-corrected chi connectivity index (χ2v) is 3.80. The third-order valence-electron chi connectivity index (χ3n) is 2.52. The lowest BCUT2D eigenvalue weighted by Crippen LogP contribution is -2.24. The predicted molar refractivity (Wildman–Crippen MR) is 68.2 cm³/mol. The Kier molecular flexibility index (Phi) is 4.25. The van der Waals surface area contributed by atoms with Gasteiger partial charge in [-0.15, -0.1) is 0 Å². The summed E-state index contributed by atoms with van der Waals surface area (Å²) in [6.07, 6.45) is 3.02. The van der Waals surface area contributed by atoms with Crippen molar-refractivity contribution in [3.63, 3.8) is 0 Å². The van der Waals surface area contributed by atoms with Crippen LogP contribution in [0.25, 0.3) is 6.08 Å². The van der Waals surface area contributed by atoms with Crippen molar-refractivity contribution in [1.82, 2.24) is 5.32 Å². The Hall–Kier alpha value is -2.21. The number of aliphatic hydroxyl groups is 1. The molecule has 1 aliphatic rings. The van der Waals surface area contributed by atoms with Crippen LogP contribution in [0.1, 0.15) is 5.56 Å². The summed E-state index contributed by atoms with van der Waals surface area (Å²) >= 11 is 0. The number of ether oxygens (including phenoxy) is 3. The SMILES string of the molecule is COc1cc(/C=C/C(=O)NCCO)cc2c1OCO2. The molecule has 0 spiro atoms. The minimum absolute atomic E-state index is 0.0859. The molecule has 1 heterocycles. The minimum atomic E-state index is -0.273. The molecule has 1 aromatic carbocycles. The van der Waals surface area contributed by atoms with Crippen LogP contribution >= 0.6 is 0 Å². The lowest BCUT2D eigenvalue weighted by Gasteiger charge is -2.05.